The van der Waals surface area contributed by atoms with E-state index >= 15 is 0 Å². The molecule has 2 aromatic rings. The third kappa shape index (κ3) is 3.03. The van der Waals surface area contributed by atoms with E-state index in [9.17, 15) is 4.79 Å². The van der Waals surface area contributed by atoms with Crippen molar-refractivity contribution in [1.29, 1.82) is 0 Å². The zero-order valence-corrected chi connectivity index (χ0v) is 13.0. The predicted molar refractivity (Wildman–Crippen MR) is 82.6 cm³/mol. The molecule has 0 spiro atoms. The van der Waals surface area contributed by atoms with Crippen LogP contribution in [0.2, 0.25) is 0 Å². The van der Waals surface area contributed by atoms with Crippen molar-refractivity contribution >= 4 is 21.8 Å². The molecule has 1 N–H and O–H groups in total. The summed E-state index contributed by atoms with van der Waals surface area (Å²) in [7, 11) is 0. The number of hydrogen-bond acceptors (Lipinski definition) is 3. The maximum absolute atomic E-state index is 12.2. The van der Waals surface area contributed by atoms with Gasteiger partial charge in [0.05, 0.1) is 6.04 Å². The van der Waals surface area contributed by atoms with Gasteiger partial charge in [-0.2, -0.15) is 0 Å². The molecule has 2 aromatic carbocycles. The van der Waals surface area contributed by atoms with Crippen LogP contribution >= 0.6 is 15.9 Å². The summed E-state index contributed by atoms with van der Waals surface area (Å²) in [5.74, 6) is 1.36. The second kappa shape index (κ2) is 5.77. The molecule has 0 aromatic heterocycles. The van der Waals surface area contributed by atoms with E-state index in [1.807, 2.05) is 37.3 Å². The van der Waals surface area contributed by atoms with Crippen LogP contribution in [0.15, 0.2) is 46.9 Å². The Morgan fingerprint density at radius 2 is 1.86 bits per heavy atom. The average Bonchev–Trinajstić information content (AvgIpc) is 2.95. The Bertz CT molecular complexity index is 670. The van der Waals surface area contributed by atoms with Crippen LogP contribution in [0.5, 0.6) is 11.5 Å². The minimum absolute atomic E-state index is 0.104. The van der Waals surface area contributed by atoms with Crippen LogP contribution in [-0.4, -0.2) is 12.7 Å². The topological polar surface area (TPSA) is 47.6 Å². The maximum Gasteiger partial charge on any atom is 0.251 e. The van der Waals surface area contributed by atoms with Crippen LogP contribution in [0.3, 0.4) is 0 Å². The lowest BCUT2D eigenvalue weighted by molar-refractivity contribution is 0.0939. The fourth-order valence-corrected chi connectivity index (χ4v) is 2.41. The summed E-state index contributed by atoms with van der Waals surface area (Å²) in [5, 5.41) is 2.97. The van der Waals surface area contributed by atoms with E-state index < -0.39 is 0 Å². The Labute approximate surface area is 131 Å². The van der Waals surface area contributed by atoms with Crippen LogP contribution in [0, 0.1) is 0 Å². The molecule has 1 amide bonds. The fourth-order valence-electron chi connectivity index (χ4n) is 2.15. The van der Waals surface area contributed by atoms with Gasteiger partial charge < -0.3 is 14.8 Å². The van der Waals surface area contributed by atoms with Gasteiger partial charge in [-0.3, -0.25) is 4.79 Å². The number of carbonyl (C=O) groups excluding carboxylic acids is 1. The molecule has 0 fully saturated rings. The highest BCUT2D eigenvalue weighted by atomic mass is 79.9. The number of carbonyl (C=O) groups is 1. The molecule has 0 saturated carbocycles. The van der Waals surface area contributed by atoms with E-state index in [-0.39, 0.29) is 18.7 Å². The van der Waals surface area contributed by atoms with Gasteiger partial charge >= 0.3 is 0 Å². The summed E-state index contributed by atoms with van der Waals surface area (Å²) in [4.78, 5) is 12.2. The molecule has 1 heterocycles. The minimum atomic E-state index is -0.115. The smallest absolute Gasteiger partial charge is 0.251 e. The summed E-state index contributed by atoms with van der Waals surface area (Å²) >= 11 is 3.35. The number of halogens is 1. The van der Waals surface area contributed by atoms with Gasteiger partial charge in [-0.05, 0) is 48.9 Å². The molecule has 0 saturated heterocycles. The zero-order valence-electron chi connectivity index (χ0n) is 11.4. The van der Waals surface area contributed by atoms with E-state index in [1.165, 1.54) is 0 Å². The normalized spacial score (nSPS) is 13.8. The molecule has 0 bridgehead atoms. The van der Waals surface area contributed by atoms with Crippen LogP contribution in [0.4, 0.5) is 0 Å². The summed E-state index contributed by atoms with van der Waals surface area (Å²) in [6.07, 6.45) is 0. The Morgan fingerprint density at radius 3 is 2.62 bits per heavy atom. The number of amides is 1. The molecule has 108 valence electrons. The summed E-state index contributed by atoms with van der Waals surface area (Å²) < 4.78 is 11.6. The van der Waals surface area contributed by atoms with Gasteiger partial charge in [0.25, 0.3) is 5.91 Å². The van der Waals surface area contributed by atoms with E-state index in [0.29, 0.717) is 5.56 Å². The number of rotatable bonds is 3. The summed E-state index contributed by atoms with van der Waals surface area (Å²) in [6.45, 7) is 2.19. The highest BCUT2D eigenvalue weighted by Crippen LogP contribution is 2.34. The number of fused-ring (bicyclic) bond motifs is 1. The fraction of sp³-hybridized carbons (Fsp3) is 0.188. The Hall–Kier alpha value is -2.01. The van der Waals surface area contributed by atoms with Gasteiger partial charge in [0.2, 0.25) is 6.79 Å². The highest BCUT2D eigenvalue weighted by Gasteiger charge is 2.17. The monoisotopic (exact) mass is 347 g/mol. The Kier molecular flexibility index (Phi) is 3.84. The van der Waals surface area contributed by atoms with Crippen LogP contribution in [-0.2, 0) is 0 Å². The van der Waals surface area contributed by atoms with Crippen molar-refractivity contribution in [2.45, 2.75) is 13.0 Å². The second-order valence-corrected chi connectivity index (χ2v) is 5.73. The van der Waals surface area contributed by atoms with E-state index in [2.05, 4.69) is 21.2 Å². The quantitative estimate of drug-likeness (QED) is 0.921. The molecule has 1 unspecified atom stereocenters. The van der Waals surface area contributed by atoms with Gasteiger partial charge in [-0.15, -0.1) is 0 Å². The van der Waals surface area contributed by atoms with Crippen molar-refractivity contribution in [1.82, 2.24) is 5.32 Å². The van der Waals surface area contributed by atoms with Crippen LogP contribution in [0.1, 0.15) is 28.9 Å². The number of hydrogen-bond donors (Lipinski definition) is 1. The van der Waals surface area contributed by atoms with Crippen molar-refractivity contribution in [2.24, 2.45) is 0 Å². The molecule has 5 heteroatoms. The molecular formula is C16H14BrNO3. The lowest BCUT2D eigenvalue weighted by Gasteiger charge is -2.15. The molecule has 4 nitrogen and oxygen atoms in total. The molecule has 1 atom stereocenters. The zero-order chi connectivity index (χ0) is 14.8. The predicted octanol–water partition coefficient (Wildman–Crippen LogP) is 3.67. The maximum atomic E-state index is 12.2. The van der Waals surface area contributed by atoms with Gasteiger partial charge in [-0.1, -0.05) is 22.0 Å². The molecule has 21 heavy (non-hydrogen) atoms. The van der Waals surface area contributed by atoms with Crippen molar-refractivity contribution in [3.63, 3.8) is 0 Å². The van der Waals surface area contributed by atoms with Crippen LogP contribution in [0.25, 0.3) is 0 Å². The molecule has 0 radical (unpaired) electrons. The van der Waals surface area contributed by atoms with Gasteiger partial charge in [0.1, 0.15) is 0 Å². The highest BCUT2D eigenvalue weighted by molar-refractivity contribution is 9.10. The Balaban J connectivity index is 1.72. The van der Waals surface area contributed by atoms with Crippen molar-refractivity contribution < 1.29 is 14.3 Å². The number of ether oxygens (including phenoxy) is 2. The van der Waals surface area contributed by atoms with Gasteiger partial charge in [0, 0.05) is 10.0 Å². The lowest BCUT2D eigenvalue weighted by atomic mass is 10.1. The molecular weight excluding hydrogens is 334 g/mol. The van der Waals surface area contributed by atoms with Gasteiger partial charge in [-0.25, -0.2) is 0 Å². The first-order valence-electron chi connectivity index (χ1n) is 6.59. The van der Waals surface area contributed by atoms with E-state index in [4.69, 9.17) is 9.47 Å². The third-order valence-electron chi connectivity index (χ3n) is 3.35. The van der Waals surface area contributed by atoms with Crippen LogP contribution < -0.4 is 14.8 Å². The first-order chi connectivity index (χ1) is 10.1. The third-order valence-corrected chi connectivity index (χ3v) is 3.88. The molecule has 3 rings (SSSR count). The van der Waals surface area contributed by atoms with E-state index in [0.717, 1.165) is 21.5 Å². The Morgan fingerprint density at radius 1 is 1.14 bits per heavy atom. The summed E-state index contributed by atoms with van der Waals surface area (Å²) in [6, 6.07) is 12.8. The van der Waals surface area contributed by atoms with Crippen molar-refractivity contribution in [2.75, 3.05) is 6.79 Å². The largest absolute Gasteiger partial charge is 0.454 e. The average molecular weight is 348 g/mol. The van der Waals surface area contributed by atoms with E-state index in [1.54, 1.807) is 12.1 Å². The SMILES string of the molecule is CC(NC(=O)c1ccc(Br)cc1)c1ccc2c(c1)OCO2. The second-order valence-electron chi connectivity index (χ2n) is 4.81. The first kappa shape index (κ1) is 13.9. The molecule has 0 aliphatic carbocycles. The minimum Gasteiger partial charge on any atom is -0.454 e. The summed E-state index contributed by atoms with van der Waals surface area (Å²) in [5.41, 5.74) is 1.61. The van der Waals surface area contributed by atoms with Crippen molar-refractivity contribution in [3.05, 3.63) is 58.1 Å². The number of benzene rings is 2. The lowest BCUT2D eigenvalue weighted by Crippen LogP contribution is -2.26. The first-order valence-corrected chi connectivity index (χ1v) is 7.39. The van der Waals surface area contributed by atoms with Gasteiger partial charge in [0.15, 0.2) is 11.5 Å². The molecule has 1 aliphatic heterocycles. The number of nitrogens with one attached hydrogen (secondary N) is 1. The molecule has 1 aliphatic rings. The standard InChI is InChI=1S/C16H14BrNO3/c1-10(12-4-7-14-15(8-12)21-9-20-14)18-16(19)11-2-5-13(17)6-3-11/h2-8,10H,9H2,1H3,(H,18,19). The van der Waals surface area contributed by atoms with Crippen molar-refractivity contribution in [3.8, 4) is 11.5 Å².